The van der Waals surface area contributed by atoms with Crippen LogP contribution in [0.5, 0.6) is 0 Å². The predicted octanol–water partition coefficient (Wildman–Crippen LogP) is 2.15. The van der Waals surface area contributed by atoms with E-state index in [9.17, 15) is 5.26 Å². The molecule has 1 atom stereocenters. The fourth-order valence-corrected chi connectivity index (χ4v) is 3.45. The molecule has 4 heteroatoms. The summed E-state index contributed by atoms with van der Waals surface area (Å²) >= 11 is 0. The first kappa shape index (κ1) is 13.4. The van der Waals surface area contributed by atoms with Gasteiger partial charge in [0.1, 0.15) is 11.9 Å². The van der Waals surface area contributed by atoms with Gasteiger partial charge in [-0.2, -0.15) is 5.26 Å². The minimum absolute atomic E-state index is 0.338. The molecule has 0 saturated carbocycles. The van der Waals surface area contributed by atoms with Gasteiger partial charge >= 0.3 is 0 Å². The summed E-state index contributed by atoms with van der Waals surface area (Å²) in [6.45, 7) is 1.62. The number of hydrogen-bond donors (Lipinski definition) is 1. The van der Waals surface area contributed by atoms with Gasteiger partial charge in [-0.15, -0.1) is 0 Å². The average Bonchev–Trinajstić information content (AvgIpc) is 2.53. The van der Waals surface area contributed by atoms with Crippen LogP contribution in [-0.4, -0.2) is 24.1 Å². The van der Waals surface area contributed by atoms with Crippen LogP contribution < -0.4 is 10.6 Å². The topological polar surface area (TPSA) is 65.9 Å². The van der Waals surface area contributed by atoms with Crippen molar-refractivity contribution in [2.24, 2.45) is 5.73 Å². The molecule has 1 saturated heterocycles. The molecule has 106 valence electrons. The summed E-state index contributed by atoms with van der Waals surface area (Å²) in [5.41, 5.74) is 9.11. The molecule has 1 aromatic rings. The molecule has 20 heavy (non-hydrogen) atoms. The monoisotopic (exact) mass is 270 g/mol. The van der Waals surface area contributed by atoms with Crippen LogP contribution >= 0.6 is 0 Å². The highest BCUT2D eigenvalue weighted by Crippen LogP contribution is 2.30. The molecular weight excluding hydrogens is 248 g/mol. The third-order valence-electron chi connectivity index (χ3n) is 4.57. The number of aromatic nitrogens is 1. The van der Waals surface area contributed by atoms with Gasteiger partial charge in [-0.1, -0.05) is 0 Å². The smallest absolute Gasteiger partial charge is 0.147 e. The quantitative estimate of drug-likeness (QED) is 0.894. The minimum atomic E-state index is 0.338. The lowest BCUT2D eigenvalue weighted by Gasteiger charge is -2.37. The lowest BCUT2D eigenvalue weighted by Crippen LogP contribution is -2.45. The van der Waals surface area contributed by atoms with Gasteiger partial charge in [-0.05, 0) is 56.6 Å². The van der Waals surface area contributed by atoms with Crippen LogP contribution in [0.25, 0.3) is 0 Å². The Morgan fingerprint density at radius 3 is 2.95 bits per heavy atom. The molecular formula is C16H22N4. The molecule has 2 heterocycles. The lowest BCUT2D eigenvalue weighted by molar-refractivity contribution is 0.461. The molecule has 1 aromatic heterocycles. The normalized spacial score (nSPS) is 22.2. The summed E-state index contributed by atoms with van der Waals surface area (Å²) in [7, 11) is 0. The number of pyridine rings is 1. The molecule has 1 aliphatic heterocycles. The van der Waals surface area contributed by atoms with Crippen molar-refractivity contribution in [3.63, 3.8) is 0 Å². The zero-order valence-corrected chi connectivity index (χ0v) is 11.9. The van der Waals surface area contributed by atoms with Crippen LogP contribution in [0.1, 0.15) is 48.9 Å². The summed E-state index contributed by atoms with van der Waals surface area (Å²) in [5, 5.41) is 9.46. The zero-order valence-electron chi connectivity index (χ0n) is 11.9. The van der Waals surface area contributed by atoms with E-state index in [0.717, 1.165) is 37.2 Å². The van der Waals surface area contributed by atoms with Crippen LogP contribution in [0.2, 0.25) is 0 Å². The summed E-state index contributed by atoms with van der Waals surface area (Å²) in [4.78, 5) is 7.13. The second-order valence-electron chi connectivity index (χ2n) is 5.86. The number of rotatable bonds is 2. The van der Waals surface area contributed by atoms with Gasteiger partial charge < -0.3 is 10.6 Å². The maximum atomic E-state index is 9.46. The van der Waals surface area contributed by atoms with Crippen LogP contribution in [0, 0.1) is 11.3 Å². The first-order chi connectivity index (χ1) is 9.83. The van der Waals surface area contributed by atoms with E-state index < -0.39 is 0 Å². The van der Waals surface area contributed by atoms with Crippen LogP contribution in [-0.2, 0) is 12.8 Å². The largest absolute Gasteiger partial charge is 0.351 e. The second kappa shape index (κ2) is 5.80. The van der Waals surface area contributed by atoms with Crippen LogP contribution in [0.4, 0.5) is 5.82 Å². The lowest BCUT2D eigenvalue weighted by atomic mass is 9.94. The minimum Gasteiger partial charge on any atom is -0.351 e. The molecule has 0 bridgehead atoms. The molecule has 1 aliphatic carbocycles. The Morgan fingerprint density at radius 2 is 2.15 bits per heavy atom. The summed E-state index contributed by atoms with van der Waals surface area (Å²) in [6, 6.07) is 4.75. The molecule has 0 amide bonds. The van der Waals surface area contributed by atoms with Crippen molar-refractivity contribution in [1.82, 2.24) is 4.98 Å². The third kappa shape index (κ3) is 2.38. The molecule has 2 N–H and O–H groups in total. The van der Waals surface area contributed by atoms with Crippen molar-refractivity contribution >= 4 is 5.82 Å². The fraction of sp³-hybridized carbons (Fsp3) is 0.625. The van der Waals surface area contributed by atoms with Crippen molar-refractivity contribution in [2.75, 3.05) is 18.0 Å². The summed E-state index contributed by atoms with van der Waals surface area (Å²) in [6.07, 6.45) is 8.05. The highest BCUT2D eigenvalue weighted by molar-refractivity contribution is 5.57. The van der Waals surface area contributed by atoms with Gasteiger partial charge in [-0.3, -0.25) is 0 Å². The van der Waals surface area contributed by atoms with Gasteiger partial charge in [0.25, 0.3) is 0 Å². The van der Waals surface area contributed by atoms with Gasteiger partial charge in [0.05, 0.1) is 5.56 Å². The number of nitriles is 1. The van der Waals surface area contributed by atoms with Crippen LogP contribution in [0.15, 0.2) is 6.07 Å². The number of nitrogens with zero attached hydrogens (tertiary/aromatic N) is 3. The fourth-order valence-electron chi connectivity index (χ4n) is 3.45. The van der Waals surface area contributed by atoms with Crippen molar-refractivity contribution in [2.45, 2.75) is 51.0 Å². The Kier molecular flexibility index (Phi) is 3.88. The maximum Gasteiger partial charge on any atom is 0.147 e. The Bertz CT molecular complexity index is 532. The first-order valence-electron chi connectivity index (χ1n) is 7.73. The highest BCUT2D eigenvalue weighted by atomic mass is 15.2. The van der Waals surface area contributed by atoms with Gasteiger partial charge in [0.15, 0.2) is 0 Å². The molecule has 0 aromatic carbocycles. The molecule has 0 spiro atoms. The van der Waals surface area contributed by atoms with E-state index in [1.54, 1.807) is 0 Å². The number of piperidine rings is 1. The molecule has 1 unspecified atom stereocenters. The first-order valence-corrected chi connectivity index (χ1v) is 7.73. The molecule has 1 fully saturated rings. The molecule has 4 nitrogen and oxygen atoms in total. The Morgan fingerprint density at radius 1 is 1.30 bits per heavy atom. The van der Waals surface area contributed by atoms with Crippen molar-refractivity contribution in [1.29, 1.82) is 5.26 Å². The van der Waals surface area contributed by atoms with Gasteiger partial charge in [-0.25, -0.2) is 4.98 Å². The summed E-state index contributed by atoms with van der Waals surface area (Å²) < 4.78 is 0. The number of hydrogen-bond acceptors (Lipinski definition) is 4. The SMILES string of the molecule is N#Cc1cc2c(nc1N1CCCCC1CN)CCCC2. The Hall–Kier alpha value is -1.60. The molecule has 3 rings (SSSR count). The van der Waals surface area contributed by atoms with E-state index in [1.165, 1.54) is 36.9 Å². The standard InChI is InChI=1S/C16H22N4/c17-10-13-9-12-5-1-2-7-15(12)19-16(13)20-8-4-3-6-14(20)11-18/h9,14H,1-8,11,18H2. The van der Waals surface area contributed by atoms with Gasteiger partial charge in [0, 0.05) is 24.8 Å². The van der Waals surface area contributed by atoms with E-state index >= 15 is 0 Å². The van der Waals surface area contributed by atoms with E-state index in [2.05, 4.69) is 17.0 Å². The van der Waals surface area contributed by atoms with Gasteiger partial charge in [0.2, 0.25) is 0 Å². The number of fused-ring (bicyclic) bond motifs is 1. The number of nitrogens with two attached hydrogens (primary N) is 1. The van der Waals surface area contributed by atoms with Crippen molar-refractivity contribution in [3.05, 3.63) is 22.9 Å². The predicted molar refractivity (Wildman–Crippen MR) is 79.6 cm³/mol. The molecule has 2 aliphatic rings. The maximum absolute atomic E-state index is 9.46. The van der Waals surface area contributed by atoms with E-state index in [0.29, 0.717) is 12.6 Å². The Labute approximate surface area is 120 Å². The third-order valence-corrected chi connectivity index (χ3v) is 4.57. The number of anilines is 1. The summed E-state index contributed by atoms with van der Waals surface area (Å²) in [5.74, 6) is 0.878. The molecule has 0 radical (unpaired) electrons. The van der Waals surface area contributed by atoms with E-state index in [1.807, 2.05) is 0 Å². The zero-order chi connectivity index (χ0) is 13.9. The van der Waals surface area contributed by atoms with E-state index in [-0.39, 0.29) is 0 Å². The highest BCUT2D eigenvalue weighted by Gasteiger charge is 2.26. The van der Waals surface area contributed by atoms with Crippen LogP contribution in [0.3, 0.4) is 0 Å². The van der Waals surface area contributed by atoms with Crippen molar-refractivity contribution < 1.29 is 0 Å². The van der Waals surface area contributed by atoms with Crippen molar-refractivity contribution in [3.8, 4) is 6.07 Å². The Balaban J connectivity index is 2.01. The van der Waals surface area contributed by atoms with E-state index in [4.69, 9.17) is 10.7 Å². The number of aryl methyl sites for hydroxylation is 2. The average molecular weight is 270 g/mol. The second-order valence-corrected chi connectivity index (χ2v) is 5.86.